The van der Waals surface area contributed by atoms with Crippen LogP contribution in [-0.2, 0) is 0 Å². The molecule has 1 unspecified atom stereocenters. The van der Waals surface area contributed by atoms with Crippen molar-refractivity contribution in [3.63, 3.8) is 0 Å². The minimum absolute atomic E-state index is 0.0315. The van der Waals surface area contributed by atoms with E-state index in [9.17, 15) is 9.90 Å². The van der Waals surface area contributed by atoms with Gasteiger partial charge in [-0.2, -0.15) is 0 Å². The summed E-state index contributed by atoms with van der Waals surface area (Å²) in [6, 6.07) is 5.33. The summed E-state index contributed by atoms with van der Waals surface area (Å²) in [5.41, 5.74) is 0.604. The van der Waals surface area contributed by atoms with Crippen LogP contribution in [-0.4, -0.2) is 39.3 Å². The maximum Gasteiger partial charge on any atom is 0.407 e. The number of aromatic nitrogens is 1. The van der Waals surface area contributed by atoms with Crippen LogP contribution < -0.4 is 0 Å². The molecule has 0 aromatic carbocycles. The average molecular weight is 208 g/mol. The van der Waals surface area contributed by atoms with Crippen LogP contribution >= 0.6 is 0 Å². The Balaban J connectivity index is 1.95. The molecule has 1 aliphatic rings. The van der Waals surface area contributed by atoms with Gasteiger partial charge >= 0.3 is 6.09 Å². The molecule has 0 radical (unpaired) electrons. The number of amides is 1. The molecule has 1 aromatic heterocycles. The molecule has 2 heterocycles. The van der Waals surface area contributed by atoms with Gasteiger partial charge in [0.15, 0.2) is 0 Å². The van der Waals surface area contributed by atoms with Crippen molar-refractivity contribution in [1.82, 2.24) is 9.88 Å². The Morgan fingerprint density at radius 3 is 2.80 bits per heavy atom. The van der Waals surface area contributed by atoms with Crippen LogP contribution in [0.15, 0.2) is 24.4 Å². The third-order valence-corrected chi connectivity index (χ3v) is 2.62. The lowest BCUT2D eigenvalue weighted by molar-refractivity contribution is 0.000852. The Kier molecular flexibility index (Phi) is 2.55. The normalized spacial score (nSPS) is 18.3. The standard InChI is InChI=1S/C10H12N2O3/c13-9(8-3-1-2-4-11-8)7-5-12(6-7)10(14)15/h1-4,7,9,13H,5-6H2,(H,14,15). The number of likely N-dealkylation sites (tertiary alicyclic amines) is 1. The highest BCUT2D eigenvalue weighted by Crippen LogP contribution is 2.28. The summed E-state index contributed by atoms with van der Waals surface area (Å²) in [4.78, 5) is 15.8. The number of rotatable bonds is 2. The van der Waals surface area contributed by atoms with Gasteiger partial charge in [-0.15, -0.1) is 0 Å². The maximum absolute atomic E-state index is 10.5. The molecule has 1 amide bonds. The predicted octanol–water partition coefficient (Wildman–Crippen LogP) is 0.725. The van der Waals surface area contributed by atoms with E-state index in [2.05, 4.69) is 4.98 Å². The second kappa shape index (κ2) is 3.86. The number of hydrogen-bond acceptors (Lipinski definition) is 3. The van der Waals surface area contributed by atoms with Gasteiger partial charge in [-0.25, -0.2) is 4.79 Å². The monoisotopic (exact) mass is 208 g/mol. The molecule has 1 fully saturated rings. The first kappa shape index (κ1) is 9.92. The molecule has 80 valence electrons. The third kappa shape index (κ3) is 1.92. The van der Waals surface area contributed by atoms with Crippen LogP contribution in [0.25, 0.3) is 0 Å². The van der Waals surface area contributed by atoms with Crippen molar-refractivity contribution in [3.05, 3.63) is 30.1 Å². The average Bonchev–Trinajstić information content (AvgIpc) is 2.16. The number of aliphatic hydroxyl groups is 1. The Labute approximate surface area is 87.0 Å². The molecular formula is C10H12N2O3. The number of hydrogen-bond donors (Lipinski definition) is 2. The molecule has 1 saturated heterocycles. The lowest BCUT2D eigenvalue weighted by Gasteiger charge is -2.39. The lowest BCUT2D eigenvalue weighted by atomic mass is 9.92. The van der Waals surface area contributed by atoms with Gasteiger partial charge in [0.1, 0.15) is 6.10 Å². The van der Waals surface area contributed by atoms with Crippen molar-refractivity contribution < 1.29 is 15.0 Å². The van der Waals surface area contributed by atoms with Gasteiger partial charge in [0.05, 0.1) is 5.69 Å². The van der Waals surface area contributed by atoms with E-state index in [0.29, 0.717) is 18.8 Å². The number of nitrogens with zero attached hydrogens (tertiary/aromatic N) is 2. The molecule has 15 heavy (non-hydrogen) atoms. The van der Waals surface area contributed by atoms with E-state index < -0.39 is 12.2 Å². The fraction of sp³-hybridized carbons (Fsp3) is 0.400. The molecule has 0 saturated carbocycles. The minimum atomic E-state index is -0.931. The molecule has 2 rings (SSSR count). The molecule has 1 atom stereocenters. The zero-order valence-corrected chi connectivity index (χ0v) is 8.08. The van der Waals surface area contributed by atoms with Crippen LogP contribution in [0.4, 0.5) is 4.79 Å². The summed E-state index contributed by atoms with van der Waals surface area (Å²) in [7, 11) is 0. The number of carbonyl (C=O) groups is 1. The molecule has 0 spiro atoms. The highest BCUT2D eigenvalue weighted by molar-refractivity contribution is 5.66. The van der Waals surface area contributed by atoms with E-state index in [-0.39, 0.29) is 5.92 Å². The molecular weight excluding hydrogens is 196 g/mol. The Morgan fingerprint density at radius 2 is 2.27 bits per heavy atom. The summed E-state index contributed by atoms with van der Waals surface area (Å²) >= 11 is 0. The van der Waals surface area contributed by atoms with Crippen molar-refractivity contribution in [2.45, 2.75) is 6.10 Å². The maximum atomic E-state index is 10.5. The molecule has 2 N–H and O–H groups in total. The predicted molar refractivity (Wildman–Crippen MR) is 52.3 cm³/mol. The molecule has 1 aromatic rings. The van der Waals surface area contributed by atoms with Gasteiger partial charge < -0.3 is 15.1 Å². The van der Waals surface area contributed by atoms with E-state index in [1.165, 1.54) is 4.90 Å². The topological polar surface area (TPSA) is 73.7 Å². The molecule has 5 heteroatoms. The number of carboxylic acid groups (broad SMARTS) is 1. The summed E-state index contributed by atoms with van der Waals surface area (Å²) in [6.07, 6.45) is 0.0212. The lowest BCUT2D eigenvalue weighted by Crippen LogP contribution is -2.51. The summed E-state index contributed by atoms with van der Waals surface area (Å²) in [5, 5.41) is 18.5. The fourth-order valence-electron chi connectivity index (χ4n) is 1.66. The fourth-order valence-corrected chi connectivity index (χ4v) is 1.66. The molecule has 1 aliphatic heterocycles. The Hall–Kier alpha value is -1.62. The third-order valence-electron chi connectivity index (χ3n) is 2.62. The minimum Gasteiger partial charge on any atom is -0.465 e. The molecule has 0 aliphatic carbocycles. The van der Waals surface area contributed by atoms with Crippen molar-refractivity contribution in [3.8, 4) is 0 Å². The van der Waals surface area contributed by atoms with Gasteiger partial charge in [0.2, 0.25) is 0 Å². The largest absolute Gasteiger partial charge is 0.465 e. The first-order valence-corrected chi connectivity index (χ1v) is 4.75. The summed E-state index contributed by atoms with van der Waals surface area (Å²) in [5.74, 6) is -0.0315. The van der Waals surface area contributed by atoms with Crippen LogP contribution in [0.1, 0.15) is 11.8 Å². The number of aliphatic hydroxyl groups excluding tert-OH is 1. The van der Waals surface area contributed by atoms with Gasteiger partial charge in [-0.3, -0.25) is 4.98 Å². The Bertz CT molecular complexity index is 349. The second-order valence-electron chi connectivity index (χ2n) is 3.65. The summed E-state index contributed by atoms with van der Waals surface area (Å²) < 4.78 is 0. The van der Waals surface area contributed by atoms with Crippen LogP contribution in [0, 0.1) is 5.92 Å². The van der Waals surface area contributed by atoms with E-state index >= 15 is 0 Å². The molecule has 0 bridgehead atoms. The Morgan fingerprint density at radius 1 is 1.53 bits per heavy atom. The van der Waals surface area contributed by atoms with Crippen molar-refractivity contribution in [2.75, 3.05) is 13.1 Å². The van der Waals surface area contributed by atoms with Crippen molar-refractivity contribution in [1.29, 1.82) is 0 Å². The molecule has 5 nitrogen and oxygen atoms in total. The van der Waals surface area contributed by atoms with Crippen LogP contribution in [0.3, 0.4) is 0 Å². The van der Waals surface area contributed by atoms with E-state index in [4.69, 9.17) is 5.11 Å². The summed E-state index contributed by atoms with van der Waals surface area (Å²) in [6.45, 7) is 0.764. The second-order valence-corrected chi connectivity index (χ2v) is 3.65. The van der Waals surface area contributed by atoms with E-state index in [1.807, 2.05) is 0 Å². The zero-order valence-electron chi connectivity index (χ0n) is 8.08. The van der Waals surface area contributed by atoms with Gasteiger partial charge in [0, 0.05) is 25.2 Å². The SMILES string of the molecule is O=C(O)N1CC(C(O)c2ccccn2)C1. The van der Waals surface area contributed by atoms with Gasteiger partial charge in [-0.05, 0) is 12.1 Å². The quantitative estimate of drug-likeness (QED) is 0.751. The van der Waals surface area contributed by atoms with Crippen molar-refractivity contribution >= 4 is 6.09 Å². The smallest absolute Gasteiger partial charge is 0.407 e. The van der Waals surface area contributed by atoms with Gasteiger partial charge in [0.25, 0.3) is 0 Å². The van der Waals surface area contributed by atoms with Crippen molar-refractivity contribution in [2.24, 2.45) is 5.92 Å². The first-order chi connectivity index (χ1) is 7.18. The highest BCUT2D eigenvalue weighted by atomic mass is 16.4. The highest BCUT2D eigenvalue weighted by Gasteiger charge is 2.36. The van der Waals surface area contributed by atoms with Crippen LogP contribution in [0.5, 0.6) is 0 Å². The zero-order chi connectivity index (χ0) is 10.8. The van der Waals surface area contributed by atoms with E-state index in [1.54, 1.807) is 24.4 Å². The van der Waals surface area contributed by atoms with Crippen LogP contribution in [0.2, 0.25) is 0 Å². The number of pyridine rings is 1. The first-order valence-electron chi connectivity index (χ1n) is 4.75. The van der Waals surface area contributed by atoms with Gasteiger partial charge in [-0.1, -0.05) is 6.07 Å². The van der Waals surface area contributed by atoms with E-state index in [0.717, 1.165) is 0 Å².